The van der Waals surface area contributed by atoms with E-state index >= 15 is 0 Å². The molecule has 0 saturated heterocycles. The Labute approximate surface area is 189 Å². The number of hydrogen-bond acceptors (Lipinski definition) is 4. The lowest BCUT2D eigenvalue weighted by Gasteiger charge is -2.12. The lowest BCUT2D eigenvalue weighted by atomic mass is 10.1. The number of carbonyl (C=O) groups is 2. The Morgan fingerprint density at radius 3 is 2.67 bits per heavy atom. The maximum atomic E-state index is 13.4. The van der Waals surface area contributed by atoms with Crippen molar-refractivity contribution >= 4 is 34.1 Å². The molecule has 0 radical (unpaired) electrons. The standard InChI is InChI=1S/C25H21FN4O3/c1-33-14-20-23(16-9-11-17(26)12-10-16)24-28-25(32)21(30(24)29-20)13-22(31)27-19-8-4-6-15-5-2-3-7-18(15)19/h2-12,21H,13-14H2,1H3,(H,27,31)(H,28,32). The summed E-state index contributed by atoms with van der Waals surface area (Å²) < 4.78 is 20.2. The van der Waals surface area contributed by atoms with E-state index in [2.05, 4.69) is 15.7 Å². The number of aromatic nitrogens is 2. The summed E-state index contributed by atoms with van der Waals surface area (Å²) in [4.78, 5) is 25.7. The number of benzene rings is 3. The van der Waals surface area contributed by atoms with Crippen molar-refractivity contribution in [1.82, 2.24) is 9.78 Å². The minimum Gasteiger partial charge on any atom is -0.378 e. The van der Waals surface area contributed by atoms with E-state index in [4.69, 9.17) is 4.74 Å². The van der Waals surface area contributed by atoms with Gasteiger partial charge < -0.3 is 15.4 Å². The summed E-state index contributed by atoms with van der Waals surface area (Å²) in [6, 6.07) is 18.6. The molecule has 3 aromatic carbocycles. The monoisotopic (exact) mass is 444 g/mol. The number of rotatable bonds is 6. The van der Waals surface area contributed by atoms with Crippen LogP contribution in [0.1, 0.15) is 18.2 Å². The fourth-order valence-corrected chi connectivity index (χ4v) is 4.19. The molecule has 2 N–H and O–H groups in total. The zero-order valence-corrected chi connectivity index (χ0v) is 17.8. The van der Waals surface area contributed by atoms with Gasteiger partial charge in [0.05, 0.1) is 18.7 Å². The number of carbonyl (C=O) groups excluding carboxylic acids is 2. The molecular weight excluding hydrogens is 423 g/mol. The number of amides is 2. The highest BCUT2D eigenvalue weighted by molar-refractivity contribution is 6.06. The summed E-state index contributed by atoms with van der Waals surface area (Å²) in [6.45, 7) is 0.206. The van der Waals surface area contributed by atoms with Crippen molar-refractivity contribution in [3.63, 3.8) is 0 Å². The first-order chi connectivity index (χ1) is 16.0. The molecule has 1 atom stereocenters. The van der Waals surface area contributed by atoms with Crippen LogP contribution in [-0.2, 0) is 20.9 Å². The Hall–Kier alpha value is -4.04. The quantitative estimate of drug-likeness (QED) is 0.458. The van der Waals surface area contributed by atoms with Crippen molar-refractivity contribution in [2.75, 3.05) is 17.7 Å². The average molecular weight is 444 g/mol. The van der Waals surface area contributed by atoms with Crippen molar-refractivity contribution in [1.29, 1.82) is 0 Å². The molecule has 8 heteroatoms. The molecule has 2 heterocycles. The van der Waals surface area contributed by atoms with Crippen LogP contribution in [0, 0.1) is 5.82 Å². The third kappa shape index (κ3) is 3.85. The first kappa shape index (κ1) is 20.8. The molecule has 0 spiro atoms. The highest BCUT2D eigenvalue weighted by atomic mass is 19.1. The number of fused-ring (bicyclic) bond motifs is 2. The second-order valence-electron chi connectivity index (χ2n) is 7.84. The van der Waals surface area contributed by atoms with Crippen LogP contribution >= 0.6 is 0 Å². The predicted molar refractivity (Wildman–Crippen MR) is 123 cm³/mol. The van der Waals surface area contributed by atoms with Gasteiger partial charge in [0.25, 0.3) is 5.91 Å². The van der Waals surface area contributed by atoms with Crippen molar-refractivity contribution in [3.8, 4) is 11.1 Å². The molecule has 0 fully saturated rings. The topological polar surface area (TPSA) is 85.2 Å². The Morgan fingerprint density at radius 2 is 1.88 bits per heavy atom. The number of anilines is 2. The van der Waals surface area contributed by atoms with Gasteiger partial charge in [-0.2, -0.15) is 5.10 Å². The van der Waals surface area contributed by atoms with E-state index in [0.29, 0.717) is 28.3 Å². The van der Waals surface area contributed by atoms with Crippen molar-refractivity contribution < 1.29 is 18.7 Å². The Kier molecular flexibility index (Phi) is 5.35. The largest absolute Gasteiger partial charge is 0.378 e. The molecule has 0 saturated carbocycles. The van der Waals surface area contributed by atoms with Gasteiger partial charge >= 0.3 is 0 Å². The Bertz CT molecular complexity index is 1360. The molecule has 33 heavy (non-hydrogen) atoms. The summed E-state index contributed by atoms with van der Waals surface area (Å²) in [5.74, 6) is -0.506. The molecule has 1 aliphatic heterocycles. The molecule has 1 aliphatic rings. The van der Waals surface area contributed by atoms with Gasteiger partial charge in [-0.25, -0.2) is 9.07 Å². The predicted octanol–water partition coefficient (Wildman–Crippen LogP) is 4.51. The molecule has 5 rings (SSSR count). The lowest BCUT2D eigenvalue weighted by Crippen LogP contribution is -2.24. The van der Waals surface area contributed by atoms with Crippen molar-refractivity contribution in [2.24, 2.45) is 0 Å². The van der Waals surface area contributed by atoms with E-state index in [1.807, 2.05) is 42.5 Å². The van der Waals surface area contributed by atoms with Gasteiger partial charge in [-0.15, -0.1) is 0 Å². The second-order valence-corrected chi connectivity index (χ2v) is 7.84. The first-order valence-electron chi connectivity index (χ1n) is 10.5. The molecule has 4 aromatic rings. The Morgan fingerprint density at radius 1 is 1.12 bits per heavy atom. The summed E-state index contributed by atoms with van der Waals surface area (Å²) in [5, 5.41) is 12.2. The van der Waals surface area contributed by atoms with Gasteiger partial charge in [-0.1, -0.05) is 48.5 Å². The van der Waals surface area contributed by atoms with Gasteiger partial charge in [-0.05, 0) is 29.1 Å². The van der Waals surface area contributed by atoms with Crippen LogP contribution < -0.4 is 10.6 Å². The average Bonchev–Trinajstić information content (AvgIpc) is 3.30. The maximum Gasteiger partial charge on any atom is 0.251 e. The van der Waals surface area contributed by atoms with Crippen molar-refractivity contribution in [2.45, 2.75) is 19.1 Å². The first-order valence-corrected chi connectivity index (χ1v) is 10.5. The second kappa shape index (κ2) is 8.48. The maximum absolute atomic E-state index is 13.4. The van der Waals surface area contributed by atoms with E-state index < -0.39 is 6.04 Å². The summed E-state index contributed by atoms with van der Waals surface area (Å²) in [7, 11) is 1.55. The highest BCUT2D eigenvalue weighted by Crippen LogP contribution is 2.39. The van der Waals surface area contributed by atoms with Crippen molar-refractivity contribution in [3.05, 3.63) is 78.2 Å². The van der Waals surface area contributed by atoms with E-state index in [-0.39, 0.29) is 30.7 Å². The van der Waals surface area contributed by atoms with E-state index in [1.54, 1.807) is 19.2 Å². The summed E-state index contributed by atoms with van der Waals surface area (Å²) in [6.07, 6.45) is -0.0843. The molecule has 0 bridgehead atoms. The summed E-state index contributed by atoms with van der Waals surface area (Å²) >= 11 is 0. The van der Waals surface area contributed by atoms with Crippen LogP contribution in [0.2, 0.25) is 0 Å². The fraction of sp³-hybridized carbons (Fsp3) is 0.160. The van der Waals surface area contributed by atoms with Gasteiger partial charge in [0.2, 0.25) is 5.91 Å². The minimum atomic E-state index is -0.806. The molecular formula is C25H21FN4O3. The van der Waals surface area contributed by atoms with Gasteiger partial charge in [-0.3, -0.25) is 9.59 Å². The van der Waals surface area contributed by atoms with Gasteiger partial charge in [0.1, 0.15) is 17.7 Å². The Balaban J connectivity index is 1.44. The normalized spacial score (nSPS) is 14.8. The number of hydrogen-bond donors (Lipinski definition) is 2. The van der Waals surface area contributed by atoms with Crippen LogP contribution in [0.15, 0.2) is 66.7 Å². The van der Waals surface area contributed by atoms with Gasteiger partial charge in [0.15, 0.2) is 0 Å². The zero-order valence-electron chi connectivity index (χ0n) is 17.8. The van der Waals surface area contributed by atoms with E-state index in [1.165, 1.54) is 16.8 Å². The zero-order chi connectivity index (χ0) is 22.9. The number of halogens is 1. The third-order valence-corrected chi connectivity index (χ3v) is 5.68. The number of nitrogens with one attached hydrogen (secondary N) is 2. The van der Waals surface area contributed by atoms with Crippen LogP contribution in [0.25, 0.3) is 21.9 Å². The molecule has 1 aromatic heterocycles. The van der Waals surface area contributed by atoms with Crippen LogP contribution in [0.4, 0.5) is 15.9 Å². The van der Waals surface area contributed by atoms with Crippen LogP contribution in [0.5, 0.6) is 0 Å². The minimum absolute atomic E-state index is 0.0843. The molecule has 0 aliphatic carbocycles. The van der Waals surface area contributed by atoms with E-state index in [9.17, 15) is 14.0 Å². The number of nitrogens with zero attached hydrogens (tertiary/aromatic N) is 2. The number of ether oxygens (including phenoxy) is 1. The summed E-state index contributed by atoms with van der Waals surface area (Å²) in [5.41, 5.74) is 2.64. The molecule has 1 unspecified atom stereocenters. The van der Waals surface area contributed by atoms with E-state index in [0.717, 1.165) is 10.8 Å². The molecule has 2 amide bonds. The molecule has 166 valence electrons. The SMILES string of the molecule is COCc1nn2c(c1-c1ccc(F)cc1)NC(=O)C2CC(=O)Nc1cccc2ccccc12. The van der Waals surface area contributed by atoms with Crippen LogP contribution in [-0.4, -0.2) is 28.7 Å². The third-order valence-electron chi connectivity index (χ3n) is 5.68. The highest BCUT2D eigenvalue weighted by Gasteiger charge is 2.37. The smallest absolute Gasteiger partial charge is 0.251 e. The van der Waals surface area contributed by atoms with Crippen LogP contribution in [0.3, 0.4) is 0 Å². The fourth-order valence-electron chi connectivity index (χ4n) is 4.19. The van der Waals surface area contributed by atoms with Gasteiger partial charge in [0, 0.05) is 23.7 Å². The number of methoxy groups -OCH3 is 1. The molecule has 7 nitrogen and oxygen atoms in total. The lowest BCUT2D eigenvalue weighted by molar-refractivity contribution is -0.123.